The molecule has 0 amide bonds. The van der Waals surface area contributed by atoms with Crippen LogP contribution in [0.4, 0.5) is 0 Å². The fraction of sp³-hybridized carbons (Fsp3) is 0.444. The summed E-state index contributed by atoms with van der Waals surface area (Å²) in [5, 5.41) is 0. The topological polar surface area (TPSA) is 36.2 Å². The second kappa shape index (κ2) is 10.0. The quantitative estimate of drug-likeness (QED) is 0.452. The highest BCUT2D eigenvalue weighted by Gasteiger charge is 2.14. The van der Waals surface area contributed by atoms with E-state index in [1.165, 1.54) is 11.1 Å². The van der Waals surface area contributed by atoms with Crippen molar-refractivity contribution >= 4 is 0 Å². The minimum Gasteiger partial charge on any atom is -0.497 e. The van der Waals surface area contributed by atoms with Crippen LogP contribution in [0.3, 0.4) is 0 Å². The molecular weight excluding hydrogens is 384 g/mol. The lowest BCUT2D eigenvalue weighted by atomic mass is 9.87. The first-order chi connectivity index (χ1) is 14.8. The molecule has 4 heteroatoms. The van der Waals surface area contributed by atoms with Crippen LogP contribution in [0.25, 0.3) is 0 Å². The number of imidazole rings is 1. The summed E-state index contributed by atoms with van der Waals surface area (Å²) < 4.78 is 9.05. The number of hydrogen-bond acceptors (Lipinski definition) is 2. The van der Waals surface area contributed by atoms with E-state index in [0.717, 1.165) is 49.2 Å². The monoisotopic (exact) mass is 420 g/mol. The van der Waals surface area contributed by atoms with Crippen molar-refractivity contribution in [2.24, 2.45) is 0 Å². The Bertz CT molecular complexity index is 1020. The van der Waals surface area contributed by atoms with Gasteiger partial charge in [0.2, 0.25) is 0 Å². The lowest BCUT2D eigenvalue weighted by molar-refractivity contribution is 0.414. The van der Waals surface area contributed by atoms with Crippen LogP contribution < -0.4 is 10.4 Å². The van der Waals surface area contributed by atoms with Crippen molar-refractivity contribution in [3.8, 4) is 5.75 Å². The standard InChI is InChI=1S/C27H36N2O2/c1-6-18-29-24(9-7-8-21-12-16-25(31-5)17-13-21)20-28(26(29)30)19-22-10-14-23(15-11-22)27(2,3)4/h10-17,20H,6-9,18-19H2,1-5H3. The highest BCUT2D eigenvalue weighted by Crippen LogP contribution is 2.22. The van der Waals surface area contributed by atoms with Gasteiger partial charge in [-0.25, -0.2) is 4.79 Å². The van der Waals surface area contributed by atoms with Crippen LogP contribution >= 0.6 is 0 Å². The highest BCUT2D eigenvalue weighted by atomic mass is 16.5. The molecule has 0 saturated carbocycles. The van der Waals surface area contributed by atoms with Crippen molar-refractivity contribution < 1.29 is 4.74 Å². The first-order valence-electron chi connectivity index (χ1n) is 11.3. The number of methoxy groups -OCH3 is 1. The third-order valence-corrected chi connectivity index (χ3v) is 5.81. The minimum atomic E-state index is 0.0983. The van der Waals surface area contributed by atoms with E-state index in [1.807, 2.05) is 21.3 Å². The van der Waals surface area contributed by atoms with Gasteiger partial charge >= 0.3 is 5.69 Å². The number of nitrogens with zero attached hydrogens (tertiary/aromatic N) is 2. The first kappa shape index (κ1) is 22.9. The number of rotatable bonds is 9. The van der Waals surface area contributed by atoms with E-state index in [-0.39, 0.29) is 11.1 Å². The van der Waals surface area contributed by atoms with Gasteiger partial charge in [0.1, 0.15) is 5.75 Å². The van der Waals surface area contributed by atoms with Gasteiger partial charge in [-0.15, -0.1) is 0 Å². The van der Waals surface area contributed by atoms with Crippen LogP contribution in [0.1, 0.15) is 62.9 Å². The van der Waals surface area contributed by atoms with Crippen LogP contribution in [0.5, 0.6) is 5.75 Å². The molecule has 0 atom stereocenters. The average Bonchev–Trinajstić information content (AvgIpc) is 3.03. The van der Waals surface area contributed by atoms with Gasteiger partial charge in [-0.05, 0) is 59.9 Å². The molecule has 0 fully saturated rings. The molecule has 0 N–H and O–H groups in total. The van der Waals surface area contributed by atoms with E-state index >= 15 is 0 Å². The van der Waals surface area contributed by atoms with Gasteiger partial charge in [-0.2, -0.15) is 0 Å². The lowest BCUT2D eigenvalue weighted by Crippen LogP contribution is -2.25. The fourth-order valence-electron chi connectivity index (χ4n) is 3.93. The van der Waals surface area contributed by atoms with Gasteiger partial charge in [0.05, 0.1) is 13.7 Å². The fourth-order valence-corrected chi connectivity index (χ4v) is 3.93. The molecule has 0 bridgehead atoms. The van der Waals surface area contributed by atoms with Gasteiger partial charge in [0, 0.05) is 18.4 Å². The van der Waals surface area contributed by atoms with Crippen molar-refractivity contribution in [1.29, 1.82) is 0 Å². The summed E-state index contributed by atoms with van der Waals surface area (Å²) in [4.78, 5) is 13.0. The summed E-state index contributed by atoms with van der Waals surface area (Å²) in [6.45, 7) is 10.2. The van der Waals surface area contributed by atoms with Crippen LogP contribution in [0, 0.1) is 0 Å². The van der Waals surface area contributed by atoms with E-state index in [2.05, 4.69) is 70.3 Å². The average molecular weight is 421 g/mol. The Morgan fingerprint density at radius 1 is 0.903 bits per heavy atom. The molecule has 4 nitrogen and oxygen atoms in total. The van der Waals surface area contributed by atoms with Crippen LogP contribution in [-0.2, 0) is 31.3 Å². The van der Waals surface area contributed by atoms with Crippen molar-refractivity contribution in [3.63, 3.8) is 0 Å². The molecule has 0 unspecified atom stereocenters. The van der Waals surface area contributed by atoms with E-state index < -0.39 is 0 Å². The molecule has 0 aliphatic rings. The second-order valence-corrected chi connectivity index (χ2v) is 9.33. The zero-order chi connectivity index (χ0) is 22.4. The Morgan fingerprint density at radius 3 is 2.13 bits per heavy atom. The smallest absolute Gasteiger partial charge is 0.328 e. The number of benzene rings is 2. The molecule has 1 aromatic heterocycles. The molecular formula is C27H36N2O2. The summed E-state index contributed by atoms with van der Waals surface area (Å²) in [7, 11) is 1.69. The predicted molar refractivity (Wildman–Crippen MR) is 128 cm³/mol. The molecule has 0 saturated heterocycles. The molecule has 3 rings (SSSR count). The zero-order valence-corrected chi connectivity index (χ0v) is 19.6. The molecule has 2 aromatic carbocycles. The third-order valence-electron chi connectivity index (χ3n) is 5.81. The van der Waals surface area contributed by atoms with Crippen LogP contribution in [-0.4, -0.2) is 16.2 Å². The maximum atomic E-state index is 13.0. The van der Waals surface area contributed by atoms with Gasteiger partial charge in [-0.1, -0.05) is 64.1 Å². The van der Waals surface area contributed by atoms with Gasteiger partial charge in [0.25, 0.3) is 0 Å². The van der Waals surface area contributed by atoms with Crippen molar-refractivity contribution in [3.05, 3.63) is 87.6 Å². The van der Waals surface area contributed by atoms with E-state index in [0.29, 0.717) is 6.54 Å². The Kier molecular flexibility index (Phi) is 7.42. The number of ether oxygens (including phenoxy) is 1. The predicted octanol–water partition coefficient (Wildman–Crippen LogP) is 5.59. The van der Waals surface area contributed by atoms with Gasteiger partial charge < -0.3 is 4.74 Å². The molecule has 0 spiro atoms. The zero-order valence-electron chi connectivity index (χ0n) is 19.6. The second-order valence-electron chi connectivity index (χ2n) is 9.33. The Hall–Kier alpha value is -2.75. The normalized spacial score (nSPS) is 11.6. The van der Waals surface area contributed by atoms with Gasteiger partial charge in [-0.3, -0.25) is 9.13 Å². The summed E-state index contributed by atoms with van der Waals surface area (Å²) in [5.41, 5.74) is 5.13. The number of aryl methyl sites for hydroxylation is 2. The highest BCUT2D eigenvalue weighted by molar-refractivity contribution is 5.28. The molecule has 1 heterocycles. The maximum absolute atomic E-state index is 13.0. The Balaban J connectivity index is 1.71. The lowest BCUT2D eigenvalue weighted by Gasteiger charge is -2.19. The summed E-state index contributed by atoms with van der Waals surface area (Å²) in [6, 6.07) is 16.9. The van der Waals surface area contributed by atoms with E-state index in [1.54, 1.807) is 7.11 Å². The molecule has 3 aromatic rings. The summed E-state index contributed by atoms with van der Waals surface area (Å²) in [6.07, 6.45) is 5.92. The molecule has 166 valence electrons. The maximum Gasteiger partial charge on any atom is 0.328 e. The van der Waals surface area contributed by atoms with E-state index in [9.17, 15) is 4.79 Å². The van der Waals surface area contributed by atoms with Gasteiger partial charge in [0.15, 0.2) is 0 Å². The molecule has 0 aliphatic heterocycles. The first-order valence-corrected chi connectivity index (χ1v) is 11.3. The number of hydrogen-bond donors (Lipinski definition) is 0. The Labute approximate surface area is 186 Å². The van der Waals surface area contributed by atoms with Crippen molar-refractivity contribution in [2.45, 2.75) is 71.9 Å². The molecule has 0 radical (unpaired) electrons. The number of aromatic nitrogens is 2. The molecule has 31 heavy (non-hydrogen) atoms. The SMILES string of the molecule is CCCn1c(CCCc2ccc(OC)cc2)cn(Cc2ccc(C(C)(C)C)cc2)c1=O. The van der Waals surface area contributed by atoms with Crippen LogP contribution in [0.15, 0.2) is 59.5 Å². The van der Waals surface area contributed by atoms with Crippen molar-refractivity contribution in [2.75, 3.05) is 7.11 Å². The van der Waals surface area contributed by atoms with E-state index in [4.69, 9.17) is 4.74 Å². The third kappa shape index (κ3) is 5.90. The minimum absolute atomic E-state index is 0.0983. The largest absolute Gasteiger partial charge is 0.497 e. The summed E-state index contributed by atoms with van der Waals surface area (Å²) in [5.74, 6) is 0.883. The van der Waals surface area contributed by atoms with Crippen LogP contribution in [0.2, 0.25) is 0 Å². The molecule has 0 aliphatic carbocycles. The summed E-state index contributed by atoms with van der Waals surface area (Å²) >= 11 is 0. The van der Waals surface area contributed by atoms with Crippen molar-refractivity contribution in [1.82, 2.24) is 9.13 Å². The Morgan fingerprint density at radius 2 is 1.55 bits per heavy atom.